The number of nitrogens with zero attached hydrogens (tertiary/aromatic N) is 1. The van der Waals surface area contributed by atoms with Crippen LogP contribution in [0.4, 0.5) is 0 Å². The van der Waals surface area contributed by atoms with Gasteiger partial charge in [0.1, 0.15) is 0 Å². The monoisotopic (exact) mass is 231 g/mol. The van der Waals surface area contributed by atoms with E-state index in [2.05, 4.69) is 12.1 Å². The molecule has 0 aliphatic carbocycles. The van der Waals surface area contributed by atoms with Gasteiger partial charge in [-0.3, -0.25) is 4.79 Å². The average molecular weight is 231 g/mol. The van der Waals surface area contributed by atoms with Gasteiger partial charge in [-0.15, -0.1) is 0 Å². The average Bonchev–Trinajstić information content (AvgIpc) is 2.38. The number of allylic oxidation sites excluding steroid dienone is 1. The largest absolute Gasteiger partial charge is 0.339 e. The van der Waals surface area contributed by atoms with Crippen LogP contribution >= 0.6 is 0 Å². The van der Waals surface area contributed by atoms with Crippen LogP contribution < -0.4 is 0 Å². The fourth-order valence-electron chi connectivity index (χ4n) is 1.83. The molecule has 1 aromatic carbocycles. The number of benzene rings is 1. The first-order valence-electron chi connectivity index (χ1n) is 6.21. The standard InChI is InChI=1S/C15H21NO/c1-4-14(15(17)16(5-2)6-3)12-13-10-8-7-9-11-13/h4,7-11H,5-6,12H2,1-3H3/b14-4+. The van der Waals surface area contributed by atoms with Crippen molar-refractivity contribution in [2.45, 2.75) is 27.2 Å². The number of carbonyl (C=O) groups excluding carboxylic acids is 1. The molecule has 0 bridgehead atoms. The van der Waals surface area contributed by atoms with Gasteiger partial charge in [0.05, 0.1) is 0 Å². The summed E-state index contributed by atoms with van der Waals surface area (Å²) in [7, 11) is 0. The van der Waals surface area contributed by atoms with Crippen LogP contribution in [0, 0.1) is 0 Å². The summed E-state index contributed by atoms with van der Waals surface area (Å²) in [5.74, 6) is 0.154. The second kappa shape index (κ2) is 6.89. The third kappa shape index (κ3) is 3.74. The summed E-state index contributed by atoms with van der Waals surface area (Å²) in [4.78, 5) is 14.1. The molecule has 17 heavy (non-hydrogen) atoms. The molecule has 0 fully saturated rings. The molecular weight excluding hydrogens is 210 g/mol. The fourth-order valence-corrected chi connectivity index (χ4v) is 1.83. The number of rotatable bonds is 5. The van der Waals surface area contributed by atoms with Gasteiger partial charge < -0.3 is 4.90 Å². The van der Waals surface area contributed by atoms with Crippen LogP contribution in [0.15, 0.2) is 42.0 Å². The Bertz CT molecular complexity index is 377. The molecule has 92 valence electrons. The van der Waals surface area contributed by atoms with Crippen LogP contribution in [0.3, 0.4) is 0 Å². The molecule has 0 heterocycles. The van der Waals surface area contributed by atoms with Crippen molar-refractivity contribution < 1.29 is 4.79 Å². The zero-order valence-corrected chi connectivity index (χ0v) is 10.9. The third-order valence-electron chi connectivity index (χ3n) is 2.91. The first-order chi connectivity index (χ1) is 8.22. The van der Waals surface area contributed by atoms with E-state index in [4.69, 9.17) is 0 Å². The van der Waals surface area contributed by atoms with Crippen molar-refractivity contribution in [2.75, 3.05) is 13.1 Å². The SMILES string of the molecule is C/C=C(\Cc1ccccc1)C(=O)N(CC)CC. The second-order valence-electron chi connectivity index (χ2n) is 3.95. The summed E-state index contributed by atoms with van der Waals surface area (Å²) in [6.07, 6.45) is 2.64. The molecule has 0 unspecified atom stereocenters. The minimum absolute atomic E-state index is 0.154. The van der Waals surface area contributed by atoms with E-state index in [0.717, 1.165) is 18.7 Å². The number of carbonyl (C=O) groups is 1. The molecule has 0 saturated heterocycles. The highest BCUT2D eigenvalue weighted by atomic mass is 16.2. The molecule has 0 saturated carbocycles. The first kappa shape index (κ1) is 13.5. The minimum Gasteiger partial charge on any atom is -0.339 e. The molecule has 0 aromatic heterocycles. The van der Waals surface area contributed by atoms with Gasteiger partial charge in [0.2, 0.25) is 5.91 Å². The van der Waals surface area contributed by atoms with E-state index in [1.165, 1.54) is 5.56 Å². The van der Waals surface area contributed by atoms with Crippen LogP contribution in [-0.4, -0.2) is 23.9 Å². The van der Waals surface area contributed by atoms with Gasteiger partial charge in [0.15, 0.2) is 0 Å². The van der Waals surface area contributed by atoms with Gasteiger partial charge in [-0.25, -0.2) is 0 Å². The van der Waals surface area contributed by atoms with Crippen molar-refractivity contribution >= 4 is 5.91 Å². The van der Waals surface area contributed by atoms with Crippen molar-refractivity contribution in [1.29, 1.82) is 0 Å². The molecule has 0 aliphatic rings. The van der Waals surface area contributed by atoms with E-state index in [1.807, 2.05) is 49.9 Å². The molecule has 0 spiro atoms. The maximum Gasteiger partial charge on any atom is 0.249 e. The van der Waals surface area contributed by atoms with Crippen molar-refractivity contribution in [3.8, 4) is 0 Å². The predicted octanol–water partition coefficient (Wildman–Crippen LogP) is 3.04. The molecule has 1 rings (SSSR count). The zero-order chi connectivity index (χ0) is 12.7. The summed E-state index contributed by atoms with van der Waals surface area (Å²) in [6, 6.07) is 10.1. The molecule has 2 nitrogen and oxygen atoms in total. The summed E-state index contributed by atoms with van der Waals surface area (Å²) in [5, 5.41) is 0. The molecule has 1 aromatic rings. The molecule has 0 N–H and O–H groups in total. The van der Waals surface area contributed by atoms with E-state index >= 15 is 0 Å². The van der Waals surface area contributed by atoms with Gasteiger partial charge in [-0.2, -0.15) is 0 Å². The van der Waals surface area contributed by atoms with Gasteiger partial charge in [-0.05, 0) is 26.3 Å². The molecular formula is C15H21NO. The van der Waals surface area contributed by atoms with Crippen molar-refractivity contribution in [1.82, 2.24) is 4.90 Å². The van der Waals surface area contributed by atoms with Gasteiger partial charge in [-0.1, -0.05) is 36.4 Å². The van der Waals surface area contributed by atoms with Gasteiger partial charge in [0.25, 0.3) is 0 Å². The number of amides is 1. The number of hydrogen-bond donors (Lipinski definition) is 0. The highest BCUT2D eigenvalue weighted by molar-refractivity contribution is 5.93. The van der Waals surface area contributed by atoms with Gasteiger partial charge >= 0.3 is 0 Å². The Hall–Kier alpha value is -1.57. The lowest BCUT2D eigenvalue weighted by Crippen LogP contribution is -2.32. The maximum absolute atomic E-state index is 12.2. The van der Waals surface area contributed by atoms with E-state index in [1.54, 1.807) is 0 Å². The quantitative estimate of drug-likeness (QED) is 0.713. The first-order valence-corrected chi connectivity index (χ1v) is 6.21. The topological polar surface area (TPSA) is 20.3 Å². The maximum atomic E-state index is 12.2. The lowest BCUT2D eigenvalue weighted by atomic mass is 10.0. The Morgan fingerprint density at radius 2 is 1.76 bits per heavy atom. The number of likely N-dealkylation sites (N-methyl/N-ethyl adjacent to an activating group) is 1. The Morgan fingerprint density at radius 3 is 2.24 bits per heavy atom. The fraction of sp³-hybridized carbons (Fsp3) is 0.400. The van der Waals surface area contributed by atoms with E-state index in [0.29, 0.717) is 6.42 Å². The zero-order valence-electron chi connectivity index (χ0n) is 10.9. The lowest BCUT2D eigenvalue weighted by Gasteiger charge is -2.20. The predicted molar refractivity (Wildman–Crippen MR) is 71.8 cm³/mol. The molecule has 0 radical (unpaired) electrons. The van der Waals surface area contributed by atoms with Crippen LogP contribution in [0.25, 0.3) is 0 Å². The third-order valence-corrected chi connectivity index (χ3v) is 2.91. The summed E-state index contributed by atoms with van der Waals surface area (Å²) < 4.78 is 0. The Kier molecular flexibility index (Phi) is 5.47. The summed E-state index contributed by atoms with van der Waals surface area (Å²) in [5.41, 5.74) is 2.06. The highest BCUT2D eigenvalue weighted by Crippen LogP contribution is 2.11. The van der Waals surface area contributed by atoms with E-state index in [9.17, 15) is 4.79 Å². The normalized spacial score (nSPS) is 11.4. The number of hydrogen-bond acceptors (Lipinski definition) is 1. The Balaban J connectivity index is 2.77. The van der Waals surface area contributed by atoms with Gasteiger partial charge in [0, 0.05) is 25.1 Å². The Labute approximate surface area is 104 Å². The second-order valence-corrected chi connectivity index (χ2v) is 3.95. The molecule has 2 heteroatoms. The lowest BCUT2D eigenvalue weighted by molar-refractivity contribution is -0.126. The van der Waals surface area contributed by atoms with Crippen molar-refractivity contribution in [2.24, 2.45) is 0 Å². The van der Waals surface area contributed by atoms with E-state index < -0.39 is 0 Å². The van der Waals surface area contributed by atoms with Crippen LogP contribution in [0.5, 0.6) is 0 Å². The van der Waals surface area contributed by atoms with Crippen LogP contribution in [0.2, 0.25) is 0 Å². The molecule has 0 atom stereocenters. The summed E-state index contributed by atoms with van der Waals surface area (Å²) >= 11 is 0. The smallest absolute Gasteiger partial charge is 0.249 e. The van der Waals surface area contributed by atoms with E-state index in [-0.39, 0.29) is 5.91 Å². The van der Waals surface area contributed by atoms with Crippen molar-refractivity contribution in [3.63, 3.8) is 0 Å². The van der Waals surface area contributed by atoms with Crippen molar-refractivity contribution in [3.05, 3.63) is 47.5 Å². The highest BCUT2D eigenvalue weighted by Gasteiger charge is 2.14. The van der Waals surface area contributed by atoms with Crippen LogP contribution in [-0.2, 0) is 11.2 Å². The molecule has 1 amide bonds. The Morgan fingerprint density at radius 1 is 1.18 bits per heavy atom. The minimum atomic E-state index is 0.154. The van der Waals surface area contributed by atoms with Crippen LogP contribution in [0.1, 0.15) is 26.3 Å². The summed E-state index contributed by atoms with van der Waals surface area (Å²) in [6.45, 7) is 7.48. The molecule has 0 aliphatic heterocycles.